The number of aryl methyl sites for hydroxylation is 2. The molecular weight excluding hydrogens is 210 g/mol. The number of nitrogens with one attached hydrogen (secondary N) is 1. The molecule has 0 aromatic carbocycles. The number of aromatic nitrogens is 2. The van der Waals surface area contributed by atoms with E-state index in [1.54, 1.807) is 0 Å². The Morgan fingerprint density at radius 3 is 2.47 bits per heavy atom. The van der Waals surface area contributed by atoms with Gasteiger partial charge in [-0.05, 0) is 58.4 Å². The van der Waals surface area contributed by atoms with Crippen molar-refractivity contribution in [3.63, 3.8) is 0 Å². The molecule has 96 valence electrons. The predicted octanol–water partition coefficient (Wildman–Crippen LogP) is 2.44. The molecule has 1 heterocycles. The van der Waals surface area contributed by atoms with Gasteiger partial charge in [0.2, 0.25) is 0 Å². The molecule has 0 amide bonds. The Morgan fingerprint density at radius 1 is 1.41 bits per heavy atom. The molecule has 0 saturated heterocycles. The average molecular weight is 235 g/mol. The maximum Gasteiger partial charge on any atom is 0.0596 e. The predicted molar refractivity (Wildman–Crippen MR) is 71.1 cm³/mol. The van der Waals surface area contributed by atoms with Gasteiger partial charge < -0.3 is 5.32 Å². The third kappa shape index (κ3) is 3.32. The van der Waals surface area contributed by atoms with E-state index in [0.29, 0.717) is 5.41 Å². The highest BCUT2D eigenvalue weighted by molar-refractivity contribution is 5.14. The van der Waals surface area contributed by atoms with Crippen LogP contribution >= 0.6 is 0 Å². The largest absolute Gasteiger partial charge is 0.312 e. The molecule has 1 aromatic rings. The molecule has 0 unspecified atom stereocenters. The third-order valence-electron chi connectivity index (χ3n) is 3.61. The van der Waals surface area contributed by atoms with Crippen molar-refractivity contribution in [2.24, 2.45) is 12.5 Å². The van der Waals surface area contributed by atoms with Gasteiger partial charge in [-0.15, -0.1) is 0 Å². The Morgan fingerprint density at radius 2 is 2.06 bits per heavy atom. The zero-order chi connectivity index (χ0) is 12.7. The van der Waals surface area contributed by atoms with E-state index in [0.717, 1.165) is 18.7 Å². The van der Waals surface area contributed by atoms with E-state index in [-0.39, 0.29) is 5.54 Å². The summed E-state index contributed by atoms with van der Waals surface area (Å²) in [5, 5.41) is 8.07. The second-order valence-electron chi connectivity index (χ2n) is 6.68. The van der Waals surface area contributed by atoms with Crippen LogP contribution in [0.25, 0.3) is 0 Å². The fraction of sp³-hybridized carbons (Fsp3) is 0.786. The van der Waals surface area contributed by atoms with E-state index in [2.05, 4.69) is 51.2 Å². The van der Waals surface area contributed by atoms with Gasteiger partial charge in [-0.25, -0.2) is 0 Å². The second kappa shape index (κ2) is 4.13. The monoisotopic (exact) mass is 235 g/mol. The SMILES string of the molecule is Cc1cc(CC2(CNC(C)(C)C)CC2)n(C)n1. The molecule has 3 heteroatoms. The highest BCUT2D eigenvalue weighted by Crippen LogP contribution is 2.48. The van der Waals surface area contributed by atoms with Gasteiger partial charge in [0.1, 0.15) is 0 Å². The van der Waals surface area contributed by atoms with Gasteiger partial charge in [-0.2, -0.15) is 5.10 Å². The number of hydrogen-bond donors (Lipinski definition) is 1. The molecule has 0 aliphatic heterocycles. The van der Waals surface area contributed by atoms with Crippen molar-refractivity contribution in [2.75, 3.05) is 6.54 Å². The van der Waals surface area contributed by atoms with Crippen molar-refractivity contribution >= 4 is 0 Å². The van der Waals surface area contributed by atoms with E-state index in [9.17, 15) is 0 Å². The lowest BCUT2D eigenvalue weighted by molar-refractivity contribution is 0.352. The van der Waals surface area contributed by atoms with Crippen molar-refractivity contribution in [1.29, 1.82) is 0 Å². The lowest BCUT2D eigenvalue weighted by atomic mass is 9.98. The van der Waals surface area contributed by atoms with Crippen LogP contribution in [-0.4, -0.2) is 21.9 Å². The molecule has 0 radical (unpaired) electrons. The maximum atomic E-state index is 4.43. The molecule has 0 bridgehead atoms. The molecule has 1 aliphatic rings. The van der Waals surface area contributed by atoms with Gasteiger partial charge >= 0.3 is 0 Å². The smallest absolute Gasteiger partial charge is 0.0596 e. The van der Waals surface area contributed by atoms with Crippen LogP contribution < -0.4 is 5.32 Å². The minimum absolute atomic E-state index is 0.220. The second-order valence-corrected chi connectivity index (χ2v) is 6.68. The summed E-state index contributed by atoms with van der Waals surface area (Å²) < 4.78 is 2.03. The standard InChI is InChI=1S/C14H25N3/c1-11-8-12(17(5)16-11)9-14(6-7-14)10-15-13(2,3)4/h8,15H,6-7,9-10H2,1-5H3. The van der Waals surface area contributed by atoms with Crippen molar-refractivity contribution in [3.8, 4) is 0 Å². The molecule has 1 saturated carbocycles. The molecule has 17 heavy (non-hydrogen) atoms. The molecule has 1 fully saturated rings. The Labute approximate surface area is 105 Å². The Hall–Kier alpha value is -0.830. The van der Waals surface area contributed by atoms with E-state index in [1.165, 1.54) is 18.5 Å². The first-order valence-electron chi connectivity index (χ1n) is 6.54. The maximum absolute atomic E-state index is 4.43. The highest BCUT2D eigenvalue weighted by Gasteiger charge is 2.43. The Balaban J connectivity index is 1.96. The normalized spacial score (nSPS) is 18.4. The van der Waals surface area contributed by atoms with Crippen molar-refractivity contribution in [3.05, 3.63) is 17.5 Å². The van der Waals surface area contributed by atoms with Gasteiger partial charge in [0.15, 0.2) is 0 Å². The molecule has 0 atom stereocenters. The van der Waals surface area contributed by atoms with Crippen LogP contribution in [0.5, 0.6) is 0 Å². The van der Waals surface area contributed by atoms with Gasteiger partial charge in [0, 0.05) is 24.8 Å². The summed E-state index contributed by atoms with van der Waals surface area (Å²) in [6, 6.07) is 2.22. The van der Waals surface area contributed by atoms with Crippen molar-refractivity contribution in [2.45, 2.75) is 52.5 Å². The molecule has 1 N–H and O–H groups in total. The molecular formula is C14H25N3. The lowest BCUT2D eigenvalue weighted by Gasteiger charge is -2.25. The van der Waals surface area contributed by atoms with E-state index >= 15 is 0 Å². The third-order valence-corrected chi connectivity index (χ3v) is 3.61. The zero-order valence-electron chi connectivity index (χ0n) is 11.8. The molecule has 0 spiro atoms. The minimum atomic E-state index is 0.220. The summed E-state index contributed by atoms with van der Waals surface area (Å²) in [5.41, 5.74) is 3.21. The van der Waals surface area contributed by atoms with Crippen LogP contribution in [0.3, 0.4) is 0 Å². The minimum Gasteiger partial charge on any atom is -0.312 e. The van der Waals surface area contributed by atoms with E-state index in [1.807, 2.05) is 4.68 Å². The van der Waals surface area contributed by atoms with Gasteiger partial charge in [-0.1, -0.05) is 0 Å². The molecule has 3 nitrogen and oxygen atoms in total. The summed E-state index contributed by atoms with van der Waals surface area (Å²) >= 11 is 0. The Bertz CT molecular complexity index is 394. The number of hydrogen-bond acceptors (Lipinski definition) is 2. The van der Waals surface area contributed by atoms with Crippen LogP contribution in [0, 0.1) is 12.3 Å². The van der Waals surface area contributed by atoms with Crippen LogP contribution in [0.15, 0.2) is 6.07 Å². The number of rotatable bonds is 4. The first kappa shape index (κ1) is 12.6. The summed E-state index contributed by atoms with van der Waals surface area (Å²) in [4.78, 5) is 0. The molecule has 1 aliphatic carbocycles. The molecule has 2 rings (SSSR count). The van der Waals surface area contributed by atoms with Crippen LogP contribution in [0.2, 0.25) is 0 Å². The topological polar surface area (TPSA) is 29.9 Å². The summed E-state index contributed by atoms with van der Waals surface area (Å²) in [7, 11) is 2.05. The first-order chi connectivity index (χ1) is 7.80. The molecule has 1 aromatic heterocycles. The van der Waals surface area contributed by atoms with Crippen LogP contribution in [0.4, 0.5) is 0 Å². The number of nitrogens with zero attached hydrogens (tertiary/aromatic N) is 2. The van der Waals surface area contributed by atoms with E-state index < -0.39 is 0 Å². The van der Waals surface area contributed by atoms with Gasteiger partial charge in [-0.3, -0.25) is 4.68 Å². The Kier molecular flexibility index (Phi) is 3.06. The van der Waals surface area contributed by atoms with Gasteiger partial charge in [0.25, 0.3) is 0 Å². The van der Waals surface area contributed by atoms with Crippen LogP contribution in [-0.2, 0) is 13.5 Å². The first-order valence-corrected chi connectivity index (χ1v) is 6.54. The highest BCUT2D eigenvalue weighted by atomic mass is 15.3. The van der Waals surface area contributed by atoms with Crippen molar-refractivity contribution < 1.29 is 0 Å². The summed E-state index contributed by atoms with van der Waals surface area (Å²) in [5.74, 6) is 0. The summed E-state index contributed by atoms with van der Waals surface area (Å²) in [6.07, 6.45) is 3.86. The van der Waals surface area contributed by atoms with E-state index in [4.69, 9.17) is 0 Å². The summed E-state index contributed by atoms with van der Waals surface area (Å²) in [6.45, 7) is 9.89. The fourth-order valence-corrected chi connectivity index (χ4v) is 2.26. The van der Waals surface area contributed by atoms with Crippen molar-refractivity contribution in [1.82, 2.24) is 15.1 Å². The van der Waals surface area contributed by atoms with Gasteiger partial charge in [0.05, 0.1) is 5.69 Å². The lowest BCUT2D eigenvalue weighted by Crippen LogP contribution is -2.40. The quantitative estimate of drug-likeness (QED) is 0.868. The fourth-order valence-electron chi connectivity index (χ4n) is 2.26. The average Bonchev–Trinajstić information content (AvgIpc) is 2.86. The zero-order valence-corrected chi connectivity index (χ0v) is 11.8. The van der Waals surface area contributed by atoms with Crippen LogP contribution in [0.1, 0.15) is 45.0 Å².